The molecule has 0 saturated carbocycles. The van der Waals surface area contributed by atoms with Gasteiger partial charge in [-0.05, 0) is 18.6 Å². The minimum Gasteiger partial charge on any atom is -0.363 e. The number of anilines is 1. The first-order chi connectivity index (χ1) is 10.6. The summed E-state index contributed by atoms with van der Waals surface area (Å²) >= 11 is 4.30. The maximum Gasteiger partial charge on any atom is 0.216 e. The molecule has 2 N–H and O–H groups in total. The summed E-state index contributed by atoms with van der Waals surface area (Å²) in [6.45, 7) is 2.09. The first-order valence-corrected chi connectivity index (χ1v) is 9.20. The molecule has 2 aromatic heterocycles. The molecule has 6 nitrogen and oxygen atoms in total. The van der Waals surface area contributed by atoms with Gasteiger partial charge in [0.1, 0.15) is 0 Å². The topological polar surface area (TPSA) is 84.0 Å². The smallest absolute Gasteiger partial charge is 0.216 e. The summed E-state index contributed by atoms with van der Waals surface area (Å²) in [4.78, 5) is 24.8. The highest BCUT2D eigenvalue weighted by atomic mass is 32.2. The van der Waals surface area contributed by atoms with E-state index in [1.807, 2.05) is 12.1 Å². The number of ketones is 1. The van der Waals surface area contributed by atoms with Gasteiger partial charge >= 0.3 is 0 Å². The summed E-state index contributed by atoms with van der Waals surface area (Å²) in [5.41, 5.74) is 0. The molecule has 2 aromatic rings. The minimum absolute atomic E-state index is 0.0396. The molecule has 0 unspecified atom stereocenters. The zero-order chi connectivity index (χ0) is 15.9. The summed E-state index contributed by atoms with van der Waals surface area (Å²) < 4.78 is 0.778. The number of nitrogens with one attached hydrogen (secondary N) is 2. The molecule has 0 fully saturated rings. The van der Waals surface area contributed by atoms with Crippen LogP contribution >= 0.6 is 34.4 Å². The molecular formula is C13H16N4O2S3. The van der Waals surface area contributed by atoms with E-state index in [9.17, 15) is 9.59 Å². The number of Topliss-reactive ketones (excluding diaryl/α,β-unsaturated/α-hetero) is 1. The van der Waals surface area contributed by atoms with E-state index in [0.717, 1.165) is 25.6 Å². The van der Waals surface area contributed by atoms with Crippen molar-refractivity contribution in [3.8, 4) is 0 Å². The van der Waals surface area contributed by atoms with E-state index in [1.54, 1.807) is 7.05 Å². The van der Waals surface area contributed by atoms with Crippen molar-refractivity contribution in [1.82, 2.24) is 15.5 Å². The summed E-state index contributed by atoms with van der Waals surface area (Å²) in [5, 5.41) is 14.3. The fraction of sp³-hybridized carbons (Fsp3) is 0.385. The number of thioether (sulfide) groups is 1. The van der Waals surface area contributed by atoms with Gasteiger partial charge in [-0.1, -0.05) is 23.1 Å². The lowest BCUT2D eigenvalue weighted by molar-refractivity contribution is -0.118. The quantitative estimate of drug-likeness (QED) is 0.558. The van der Waals surface area contributed by atoms with Crippen molar-refractivity contribution in [3.63, 3.8) is 0 Å². The van der Waals surface area contributed by atoms with Crippen LogP contribution in [0.5, 0.6) is 0 Å². The average Bonchev–Trinajstić information content (AvgIpc) is 3.13. The number of aromatic nitrogens is 2. The lowest BCUT2D eigenvalue weighted by Crippen LogP contribution is -2.22. The highest BCUT2D eigenvalue weighted by molar-refractivity contribution is 8.01. The normalized spacial score (nSPS) is 10.5. The Morgan fingerprint density at radius 1 is 1.27 bits per heavy atom. The number of carbonyl (C=O) groups excluding carboxylic acids is 2. The Balaban J connectivity index is 1.82. The summed E-state index contributed by atoms with van der Waals surface area (Å²) in [5.74, 6) is 0.397. The predicted molar refractivity (Wildman–Crippen MR) is 91.2 cm³/mol. The predicted octanol–water partition coefficient (Wildman–Crippen LogP) is 2.29. The maximum atomic E-state index is 12.2. The third-order valence-corrected chi connectivity index (χ3v) is 5.89. The lowest BCUT2D eigenvalue weighted by atomic mass is 10.3. The monoisotopic (exact) mass is 356 g/mol. The van der Waals surface area contributed by atoms with Crippen LogP contribution in [-0.4, -0.2) is 41.2 Å². The van der Waals surface area contributed by atoms with Gasteiger partial charge in [0, 0.05) is 25.4 Å². The number of amides is 1. The van der Waals surface area contributed by atoms with E-state index in [-0.39, 0.29) is 11.7 Å². The van der Waals surface area contributed by atoms with Gasteiger partial charge in [-0.3, -0.25) is 9.59 Å². The molecule has 0 spiro atoms. The van der Waals surface area contributed by atoms with Crippen LogP contribution in [0.3, 0.4) is 0 Å². The maximum absolute atomic E-state index is 12.2. The van der Waals surface area contributed by atoms with Crippen LogP contribution in [0.1, 0.15) is 21.5 Å². The summed E-state index contributed by atoms with van der Waals surface area (Å²) in [6.07, 6.45) is 0.743. The number of hydrogen-bond donors (Lipinski definition) is 2. The van der Waals surface area contributed by atoms with Crippen molar-refractivity contribution in [2.45, 2.75) is 17.7 Å². The molecule has 0 saturated heterocycles. The van der Waals surface area contributed by atoms with Gasteiger partial charge in [-0.2, -0.15) is 0 Å². The van der Waals surface area contributed by atoms with Gasteiger partial charge in [-0.15, -0.1) is 21.5 Å². The second-order valence-corrected chi connectivity index (χ2v) is 7.70. The molecule has 0 bridgehead atoms. The second-order valence-electron chi connectivity index (χ2n) is 4.33. The van der Waals surface area contributed by atoms with E-state index < -0.39 is 0 Å². The first-order valence-electron chi connectivity index (χ1n) is 6.59. The van der Waals surface area contributed by atoms with Gasteiger partial charge in [0.2, 0.25) is 11.0 Å². The van der Waals surface area contributed by atoms with Crippen molar-refractivity contribution in [1.29, 1.82) is 0 Å². The molecule has 2 rings (SSSR count). The molecule has 0 radical (unpaired) electrons. The minimum atomic E-state index is -0.0396. The van der Waals surface area contributed by atoms with Crippen LogP contribution in [0.15, 0.2) is 16.5 Å². The van der Waals surface area contributed by atoms with Crippen LogP contribution in [0.4, 0.5) is 5.13 Å². The van der Waals surface area contributed by atoms with E-state index in [0.29, 0.717) is 12.3 Å². The molecular weight excluding hydrogens is 340 g/mol. The number of hydrogen-bond acceptors (Lipinski definition) is 8. The van der Waals surface area contributed by atoms with E-state index in [4.69, 9.17) is 0 Å². The standard InChI is InChI=1S/C13H16N4O2S3/c1-8(18)15-6-5-9-3-4-11(21-9)10(19)7-20-13-17-16-12(14-2)22-13/h3-4H,5-7H2,1-2H3,(H,14,16)(H,15,18). The first kappa shape index (κ1) is 16.9. The molecule has 0 aromatic carbocycles. The van der Waals surface area contributed by atoms with Crippen molar-refractivity contribution in [3.05, 3.63) is 21.9 Å². The van der Waals surface area contributed by atoms with Crippen LogP contribution in [0.2, 0.25) is 0 Å². The van der Waals surface area contributed by atoms with Crippen molar-refractivity contribution in [2.24, 2.45) is 0 Å². The van der Waals surface area contributed by atoms with Crippen LogP contribution in [0, 0.1) is 0 Å². The average molecular weight is 356 g/mol. The fourth-order valence-corrected chi connectivity index (χ4v) is 4.22. The molecule has 0 aliphatic rings. The Morgan fingerprint density at radius 2 is 2.09 bits per heavy atom. The summed E-state index contributed by atoms with van der Waals surface area (Å²) in [6, 6.07) is 3.78. The largest absolute Gasteiger partial charge is 0.363 e. The number of thiophene rings is 1. The molecule has 2 heterocycles. The molecule has 0 aliphatic carbocycles. The van der Waals surface area contributed by atoms with Crippen LogP contribution in [-0.2, 0) is 11.2 Å². The van der Waals surface area contributed by atoms with Crippen LogP contribution in [0.25, 0.3) is 0 Å². The van der Waals surface area contributed by atoms with Crippen LogP contribution < -0.4 is 10.6 Å². The molecule has 22 heavy (non-hydrogen) atoms. The molecule has 1 amide bonds. The molecule has 0 atom stereocenters. The molecule has 9 heteroatoms. The lowest BCUT2D eigenvalue weighted by Gasteiger charge is -1.99. The van der Waals surface area contributed by atoms with Gasteiger partial charge in [0.25, 0.3) is 0 Å². The van der Waals surface area contributed by atoms with Gasteiger partial charge in [0.05, 0.1) is 10.6 Å². The number of rotatable bonds is 8. The second kappa shape index (κ2) is 8.25. The van der Waals surface area contributed by atoms with Gasteiger partial charge in [0.15, 0.2) is 10.1 Å². The van der Waals surface area contributed by atoms with E-state index in [2.05, 4.69) is 20.8 Å². The van der Waals surface area contributed by atoms with Crippen molar-refractivity contribution < 1.29 is 9.59 Å². The third-order valence-electron chi connectivity index (χ3n) is 2.63. The zero-order valence-corrected chi connectivity index (χ0v) is 14.7. The Bertz CT molecular complexity index is 653. The number of carbonyl (C=O) groups is 2. The molecule has 0 aliphatic heterocycles. The van der Waals surface area contributed by atoms with Gasteiger partial charge < -0.3 is 10.6 Å². The van der Waals surface area contributed by atoms with Crippen molar-refractivity contribution in [2.75, 3.05) is 24.7 Å². The Labute approximate surface area is 140 Å². The highest BCUT2D eigenvalue weighted by Crippen LogP contribution is 2.27. The van der Waals surface area contributed by atoms with E-state index in [1.165, 1.54) is 41.4 Å². The third kappa shape index (κ3) is 5.08. The molecule has 118 valence electrons. The zero-order valence-electron chi connectivity index (χ0n) is 12.2. The Kier molecular flexibility index (Phi) is 6.34. The highest BCUT2D eigenvalue weighted by Gasteiger charge is 2.12. The van der Waals surface area contributed by atoms with E-state index >= 15 is 0 Å². The summed E-state index contributed by atoms with van der Waals surface area (Å²) in [7, 11) is 1.79. The fourth-order valence-electron chi connectivity index (χ4n) is 1.59. The number of nitrogens with zero attached hydrogens (tertiary/aromatic N) is 2. The van der Waals surface area contributed by atoms with Crippen molar-refractivity contribution >= 4 is 51.3 Å². The Hall–Kier alpha value is -1.45. The SMILES string of the molecule is CNc1nnc(SCC(=O)c2ccc(CCNC(C)=O)s2)s1. The Morgan fingerprint density at radius 3 is 2.77 bits per heavy atom. The van der Waals surface area contributed by atoms with Gasteiger partial charge in [-0.25, -0.2) is 0 Å².